The van der Waals surface area contributed by atoms with Crippen LogP contribution in [0.15, 0.2) is 0 Å². The van der Waals surface area contributed by atoms with Crippen molar-refractivity contribution in [1.29, 1.82) is 0 Å². The van der Waals surface area contributed by atoms with E-state index >= 15 is 0 Å². The number of thioether (sulfide) groups is 1. The molecule has 1 saturated heterocycles. The quantitative estimate of drug-likeness (QED) is 0.796. The molecule has 0 aromatic heterocycles. The summed E-state index contributed by atoms with van der Waals surface area (Å²) < 4.78 is 11.7. The van der Waals surface area contributed by atoms with E-state index in [1.54, 1.807) is 0 Å². The minimum atomic E-state index is -0.412. The average Bonchev–Trinajstić information content (AvgIpc) is 2.33. The van der Waals surface area contributed by atoms with Crippen molar-refractivity contribution in [2.75, 3.05) is 26.0 Å². The van der Waals surface area contributed by atoms with Gasteiger partial charge in [-0.1, -0.05) is 13.8 Å². The molecule has 3 nitrogen and oxygen atoms in total. The van der Waals surface area contributed by atoms with E-state index < -0.39 is 5.79 Å². The van der Waals surface area contributed by atoms with Crippen molar-refractivity contribution in [2.24, 2.45) is 0 Å². The summed E-state index contributed by atoms with van der Waals surface area (Å²) in [5.41, 5.74) is 0. The van der Waals surface area contributed by atoms with Crippen molar-refractivity contribution in [1.82, 2.24) is 5.32 Å². The lowest BCUT2D eigenvalue weighted by atomic mass is 10.0. The molecule has 0 saturated carbocycles. The topological polar surface area (TPSA) is 30.5 Å². The molecule has 1 rings (SSSR count). The van der Waals surface area contributed by atoms with E-state index in [4.69, 9.17) is 9.47 Å². The fraction of sp³-hybridized carbons (Fsp3) is 1.00. The number of hydrogen-bond donors (Lipinski definition) is 1. The second-order valence-electron chi connectivity index (χ2n) is 5.19. The van der Waals surface area contributed by atoms with E-state index in [0.717, 1.165) is 19.8 Å². The molecule has 1 aliphatic heterocycles. The molecular weight excluding hydrogens is 234 g/mol. The Hall–Kier alpha value is 0.230. The second-order valence-corrected chi connectivity index (χ2v) is 6.47. The first kappa shape index (κ1) is 15.3. The predicted octanol–water partition coefficient (Wildman–Crippen LogP) is 2.65. The Labute approximate surface area is 110 Å². The van der Waals surface area contributed by atoms with Gasteiger partial charge in [-0.15, -0.1) is 0 Å². The van der Waals surface area contributed by atoms with Gasteiger partial charge in [0.15, 0.2) is 5.79 Å². The molecule has 0 unspecified atom stereocenters. The molecule has 1 N–H and O–H groups in total. The Bertz CT molecular complexity index is 211. The molecule has 0 spiro atoms. The van der Waals surface area contributed by atoms with Crippen molar-refractivity contribution in [3.8, 4) is 0 Å². The first-order valence-corrected chi connectivity index (χ1v) is 7.76. The molecule has 0 radical (unpaired) electrons. The predicted molar refractivity (Wildman–Crippen MR) is 74.6 cm³/mol. The first-order valence-electron chi connectivity index (χ1n) is 6.53. The minimum Gasteiger partial charge on any atom is -0.349 e. The van der Waals surface area contributed by atoms with Crippen LogP contribution in [0.1, 0.15) is 40.5 Å². The number of nitrogens with one attached hydrogen (secondary N) is 1. The molecule has 0 aromatic carbocycles. The van der Waals surface area contributed by atoms with Crippen molar-refractivity contribution < 1.29 is 9.47 Å². The largest absolute Gasteiger partial charge is 0.349 e. The van der Waals surface area contributed by atoms with Gasteiger partial charge in [0.2, 0.25) is 0 Å². The summed E-state index contributed by atoms with van der Waals surface area (Å²) in [5, 5.41) is 3.58. The highest BCUT2D eigenvalue weighted by atomic mass is 32.2. The summed E-state index contributed by atoms with van der Waals surface area (Å²) >= 11 is 1.96. The highest BCUT2D eigenvalue weighted by Gasteiger charge is 2.30. The molecule has 0 aromatic rings. The third-order valence-corrected chi connectivity index (χ3v) is 5.29. The van der Waals surface area contributed by atoms with E-state index in [2.05, 4.69) is 25.4 Å². The zero-order chi connectivity index (χ0) is 12.9. The minimum absolute atomic E-state index is 0.327. The summed E-state index contributed by atoms with van der Waals surface area (Å²) in [6.07, 6.45) is 4.58. The van der Waals surface area contributed by atoms with Gasteiger partial charge in [-0.25, -0.2) is 0 Å². The van der Waals surface area contributed by atoms with Gasteiger partial charge in [-0.2, -0.15) is 11.8 Å². The monoisotopic (exact) mass is 261 g/mol. The molecule has 0 amide bonds. The fourth-order valence-corrected chi connectivity index (χ4v) is 2.81. The molecule has 1 heterocycles. The Morgan fingerprint density at radius 3 is 2.18 bits per heavy atom. The maximum absolute atomic E-state index is 5.65. The standard InChI is InChI=1S/C13H27NO2S/c1-6-13(7-2,17-5)10-14-11-8-15-12(3,4)16-9-11/h11,14H,6-10H2,1-5H3. The Morgan fingerprint density at radius 2 is 1.76 bits per heavy atom. The van der Waals surface area contributed by atoms with Crippen molar-refractivity contribution >= 4 is 11.8 Å². The van der Waals surface area contributed by atoms with Crippen LogP contribution in [0.4, 0.5) is 0 Å². The van der Waals surface area contributed by atoms with Gasteiger partial charge < -0.3 is 14.8 Å². The summed E-state index contributed by atoms with van der Waals surface area (Å²) in [5.74, 6) is -0.412. The fourth-order valence-electron chi connectivity index (χ4n) is 2.00. The number of rotatable bonds is 6. The van der Waals surface area contributed by atoms with Crippen LogP contribution < -0.4 is 5.32 Å². The van der Waals surface area contributed by atoms with E-state index in [1.165, 1.54) is 12.8 Å². The molecule has 102 valence electrons. The van der Waals surface area contributed by atoms with Gasteiger partial charge >= 0.3 is 0 Å². The highest BCUT2D eigenvalue weighted by molar-refractivity contribution is 8.00. The SMILES string of the molecule is CCC(CC)(CNC1COC(C)(C)OC1)SC. The molecule has 0 bridgehead atoms. The molecule has 17 heavy (non-hydrogen) atoms. The van der Waals surface area contributed by atoms with Gasteiger partial charge in [-0.3, -0.25) is 0 Å². The zero-order valence-electron chi connectivity index (χ0n) is 11.8. The van der Waals surface area contributed by atoms with E-state index in [0.29, 0.717) is 10.8 Å². The summed E-state index contributed by atoms with van der Waals surface area (Å²) in [6, 6.07) is 0.327. The van der Waals surface area contributed by atoms with Crippen molar-refractivity contribution in [3.05, 3.63) is 0 Å². The molecule has 4 heteroatoms. The van der Waals surface area contributed by atoms with Crippen LogP contribution in [0.3, 0.4) is 0 Å². The first-order chi connectivity index (χ1) is 7.97. The number of ether oxygens (including phenoxy) is 2. The molecule has 1 fully saturated rings. The number of hydrogen-bond acceptors (Lipinski definition) is 4. The van der Waals surface area contributed by atoms with E-state index in [9.17, 15) is 0 Å². The maximum atomic E-state index is 5.65. The second kappa shape index (κ2) is 6.41. The molecular formula is C13H27NO2S. The lowest BCUT2D eigenvalue weighted by Gasteiger charge is -2.37. The Balaban J connectivity index is 2.36. The Morgan fingerprint density at radius 1 is 1.24 bits per heavy atom. The molecule has 1 aliphatic rings. The average molecular weight is 261 g/mol. The van der Waals surface area contributed by atoms with Crippen LogP contribution in [0.5, 0.6) is 0 Å². The van der Waals surface area contributed by atoms with E-state index in [1.807, 2.05) is 25.6 Å². The lowest BCUT2D eigenvalue weighted by Crippen LogP contribution is -2.51. The van der Waals surface area contributed by atoms with Crippen LogP contribution in [0.25, 0.3) is 0 Å². The van der Waals surface area contributed by atoms with Crippen LogP contribution in [-0.4, -0.2) is 42.6 Å². The molecule has 0 atom stereocenters. The highest BCUT2D eigenvalue weighted by Crippen LogP contribution is 2.29. The lowest BCUT2D eigenvalue weighted by molar-refractivity contribution is -0.252. The van der Waals surface area contributed by atoms with Gasteiger partial charge in [0.05, 0.1) is 19.3 Å². The van der Waals surface area contributed by atoms with Crippen LogP contribution in [0, 0.1) is 0 Å². The van der Waals surface area contributed by atoms with Crippen molar-refractivity contribution in [3.63, 3.8) is 0 Å². The van der Waals surface area contributed by atoms with Crippen LogP contribution in [-0.2, 0) is 9.47 Å². The van der Waals surface area contributed by atoms with Crippen molar-refractivity contribution in [2.45, 2.75) is 57.1 Å². The van der Waals surface area contributed by atoms with Crippen LogP contribution >= 0.6 is 11.8 Å². The van der Waals surface area contributed by atoms with E-state index in [-0.39, 0.29) is 0 Å². The normalized spacial score (nSPS) is 21.7. The maximum Gasteiger partial charge on any atom is 0.162 e. The third-order valence-electron chi connectivity index (χ3n) is 3.70. The van der Waals surface area contributed by atoms with Gasteiger partial charge in [0.1, 0.15) is 0 Å². The molecule has 0 aliphatic carbocycles. The Kier molecular flexibility index (Phi) is 5.77. The van der Waals surface area contributed by atoms with Gasteiger partial charge in [0, 0.05) is 11.3 Å². The third kappa shape index (κ3) is 4.43. The van der Waals surface area contributed by atoms with Crippen LogP contribution in [0.2, 0.25) is 0 Å². The summed E-state index contributed by atoms with van der Waals surface area (Å²) in [4.78, 5) is 0. The van der Waals surface area contributed by atoms with Gasteiger partial charge in [-0.05, 0) is 32.9 Å². The zero-order valence-corrected chi connectivity index (χ0v) is 12.7. The van der Waals surface area contributed by atoms with Gasteiger partial charge in [0.25, 0.3) is 0 Å². The summed E-state index contributed by atoms with van der Waals surface area (Å²) in [7, 11) is 0. The summed E-state index contributed by atoms with van der Waals surface area (Å²) in [6.45, 7) is 11.0. The smallest absolute Gasteiger partial charge is 0.162 e.